The average Bonchev–Trinajstić information content (AvgIpc) is 3.19. The van der Waals surface area contributed by atoms with E-state index in [-0.39, 0.29) is 53.4 Å². The Morgan fingerprint density at radius 2 is 1.89 bits per heavy atom. The van der Waals surface area contributed by atoms with Crippen molar-refractivity contribution in [3.8, 4) is 0 Å². The van der Waals surface area contributed by atoms with Crippen LogP contribution in [-0.2, 0) is 24.0 Å². The molecule has 208 valence electrons. The van der Waals surface area contributed by atoms with E-state index in [1.54, 1.807) is 13.8 Å². The fourth-order valence-corrected chi connectivity index (χ4v) is 5.66. The number of halogens is 2. The molecule has 1 saturated carbocycles. The van der Waals surface area contributed by atoms with Crippen molar-refractivity contribution in [1.82, 2.24) is 26.0 Å². The van der Waals surface area contributed by atoms with Crippen LogP contribution in [0.5, 0.6) is 0 Å². The van der Waals surface area contributed by atoms with Gasteiger partial charge in [-0.05, 0) is 29.6 Å². The van der Waals surface area contributed by atoms with Crippen LogP contribution >= 0.6 is 11.6 Å². The maximum absolute atomic E-state index is 13.8. The number of carbonyl (C=O) groups excluding carboxylic acids is 5. The predicted octanol–water partition coefficient (Wildman–Crippen LogP) is 1.19. The molecule has 0 spiro atoms. The van der Waals surface area contributed by atoms with Crippen molar-refractivity contribution in [3.63, 3.8) is 0 Å². The third-order valence-corrected chi connectivity index (χ3v) is 8.51. The number of fused-ring (bicyclic) bond motifs is 1. The molecule has 7 atom stereocenters. The maximum Gasteiger partial charge on any atom is 0.291 e. The summed E-state index contributed by atoms with van der Waals surface area (Å²) in [6, 6.07) is -1.73. The van der Waals surface area contributed by atoms with E-state index in [4.69, 9.17) is 11.6 Å². The van der Waals surface area contributed by atoms with Gasteiger partial charge in [0, 0.05) is 19.0 Å². The van der Waals surface area contributed by atoms with Crippen molar-refractivity contribution in [3.05, 3.63) is 0 Å². The Bertz CT molecular complexity index is 944. The topological polar surface area (TPSA) is 128 Å². The third kappa shape index (κ3) is 5.86. The summed E-state index contributed by atoms with van der Waals surface area (Å²) >= 11 is 5.40. The van der Waals surface area contributed by atoms with E-state index in [2.05, 4.69) is 16.1 Å². The summed E-state index contributed by atoms with van der Waals surface area (Å²) in [7, 11) is 0. The number of carbonyl (C=O) groups is 5. The summed E-state index contributed by atoms with van der Waals surface area (Å²) in [4.78, 5) is 65.9. The summed E-state index contributed by atoms with van der Waals surface area (Å²) in [6.45, 7) is 11.8. The SMILES string of the molecule is CCC(C)C(NC(=O)C(C)C)C(=O)N1C[C@H]2[C@@H]([C@H]1C(=O)NN(C[C@@H]1CCNC1=O)C(=O)C(F)Cl)C2(C)C. The van der Waals surface area contributed by atoms with Crippen LogP contribution < -0.4 is 16.1 Å². The van der Waals surface area contributed by atoms with Crippen molar-refractivity contribution in [2.24, 2.45) is 35.0 Å². The Labute approximate surface area is 222 Å². The highest BCUT2D eigenvalue weighted by Gasteiger charge is 2.69. The zero-order valence-electron chi connectivity index (χ0n) is 22.3. The molecular formula is C25H39ClFN5O5. The number of rotatable bonds is 9. The molecule has 0 aromatic carbocycles. The van der Waals surface area contributed by atoms with Crippen LogP contribution in [-0.4, -0.2) is 76.8 Å². The van der Waals surface area contributed by atoms with Crippen LogP contribution in [0.25, 0.3) is 0 Å². The number of hydrazine groups is 1. The predicted molar refractivity (Wildman–Crippen MR) is 134 cm³/mol. The number of hydrogen-bond acceptors (Lipinski definition) is 5. The van der Waals surface area contributed by atoms with E-state index in [9.17, 15) is 28.4 Å². The van der Waals surface area contributed by atoms with Crippen molar-refractivity contribution in [1.29, 1.82) is 0 Å². The molecule has 0 radical (unpaired) electrons. The van der Waals surface area contributed by atoms with Crippen molar-refractivity contribution in [2.45, 2.75) is 72.1 Å². The van der Waals surface area contributed by atoms with Crippen molar-refractivity contribution >= 4 is 41.1 Å². The first kappa shape index (κ1) is 29.1. The molecule has 10 nitrogen and oxygen atoms in total. The smallest absolute Gasteiger partial charge is 0.291 e. The van der Waals surface area contributed by atoms with Crippen LogP contribution in [0.2, 0.25) is 0 Å². The Hall–Kier alpha value is -2.43. The lowest BCUT2D eigenvalue weighted by Gasteiger charge is -2.36. The van der Waals surface area contributed by atoms with Gasteiger partial charge in [-0.3, -0.25) is 29.4 Å². The number of hydrogen-bond donors (Lipinski definition) is 3. The maximum atomic E-state index is 13.8. The highest BCUT2D eigenvalue weighted by atomic mass is 35.5. The van der Waals surface area contributed by atoms with Gasteiger partial charge in [0.05, 0.1) is 12.5 Å². The Balaban J connectivity index is 1.85. The average molecular weight is 544 g/mol. The minimum Gasteiger partial charge on any atom is -0.356 e. The van der Waals surface area contributed by atoms with Gasteiger partial charge in [-0.2, -0.15) is 0 Å². The second kappa shape index (κ2) is 11.1. The molecule has 3 N–H and O–H groups in total. The summed E-state index contributed by atoms with van der Waals surface area (Å²) in [5.74, 6) is -3.95. The standard InChI is InChI=1S/C25H39ClFN5O5/c1-7-13(4)17(29-20(33)12(2)3)23(36)31-11-15-16(25(15,5)6)18(31)22(35)30-32(24(37)19(26)27)10-14-8-9-28-21(14)34/h12-19H,7-11H2,1-6H3,(H,28,34)(H,29,33)(H,30,35)/t13?,14-,15-,16-,17?,18-,19?/m0/s1. The van der Waals surface area contributed by atoms with Crippen molar-refractivity contribution in [2.75, 3.05) is 19.6 Å². The van der Waals surface area contributed by atoms with Crippen LogP contribution in [0.3, 0.4) is 0 Å². The summed E-state index contributed by atoms with van der Waals surface area (Å²) < 4.78 is 13.8. The fourth-order valence-electron chi connectivity index (χ4n) is 5.54. The number of piperidine rings is 1. The molecule has 0 aromatic rings. The lowest BCUT2D eigenvalue weighted by molar-refractivity contribution is -0.150. The van der Waals surface area contributed by atoms with Gasteiger partial charge in [0.2, 0.25) is 17.7 Å². The number of nitrogens with zero attached hydrogens (tertiary/aromatic N) is 2. The molecule has 0 aromatic heterocycles. The molecule has 37 heavy (non-hydrogen) atoms. The second-order valence-corrected chi connectivity index (χ2v) is 11.8. The minimum atomic E-state index is -2.41. The van der Waals surface area contributed by atoms with Gasteiger partial charge in [0.15, 0.2) is 0 Å². The molecular weight excluding hydrogens is 505 g/mol. The zero-order valence-corrected chi connectivity index (χ0v) is 23.1. The van der Waals surface area contributed by atoms with E-state index in [1.807, 2.05) is 27.7 Å². The molecule has 3 unspecified atom stereocenters. The van der Waals surface area contributed by atoms with Gasteiger partial charge in [-0.1, -0.05) is 59.6 Å². The first-order valence-corrected chi connectivity index (χ1v) is 13.4. The number of alkyl halides is 2. The van der Waals surface area contributed by atoms with E-state index in [0.29, 0.717) is 25.9 Å². The van der Waals surface area contributed by atoms with Crippen molar-refractivity contribution < 1.29 is 28.4 Å². The normalized spacial score (nSPS) is 28.1. The van der Waals surface area contributed by atoms with Gasteiger partial charge < -0.3 is 15.5 Å². The van der Waals surface area contributed by atoms with Gasteiger partial charge >= 0.3 is 0 Å². The van der Waals surface area contributed by atoms with E-state index in [0.717, 1.165) is 5.01 Å². The molecule has 2 heterocycles. The zero-order chi connectivity index (χ0) is 27.8. The molecule has 3 fully saturated rings. The summed E-state index contributed by atoms with van der Waals surface area (Å²) in [5, 5.41) is 6.25. The first-order valence-electron chi connectivity index (χ1n) is 13.0. The molecule has 0 bridgehead atoms. The fraction of sp³-hybridized carbons (Fsp3) is 0.800. The highest BCUT2D eigenvalue weighted by Crippen LogP contribution is 2.65. The number of likely N-dealkylation sites (tertiary alicyclic amines) is 1. The highest BCUT2D eigenvalue weighted by molar-refractivity contribution is 6.29. The van der Waals surface area contributed by atoms with E-state index >= 15 is 0 Å². The van der Waals surface area contributed by atoms with Crippen LogP contribution in [0.1, 0.15) is 54.4 Å². The summed E-state index contributed by atoms with van der Waals surface area (Å²) in [6.07, 6.45) is 1.06. The second-order valence-electron chi connectivity index (χ2n) is 11.4. The lowest BCUT2D eigenvalue weighted by atomic mass is 9.94. The quantitative estimate of drug-likeness (QED) is 0.297. The molecule has 1 aliphatic carbocycles. The van der Waals surface area contributed by atoms with Crippen LogP contribution in [0.15, 0.2) is 0 Å². The minimum absolute atomic E-state index is 0.0669. The Morgan fingerprint density at radius 3 is 2.41 bits per heavy atom. The van der Waals surface area contributed by atoms with E-state index in [1.165, 1.54) is 4.90 Å². The molecule has 3 aliphatic rings. The molecule has 12 heteroatoms. The third-order valence-electron chi connectivity index (χ3n) is 8.33. The van der Waals surface area contributed by atoms with Gasteiger partial charge in [0.1, 0.15) is 12.1 Å². The molecule has 5 amide bonds. The van der Waals surface area contributed by atoms with Gasteiger partial charge in [-0.25, -0.2) is 9.40 Å². The molecule has 2 aliphatic heterocycles. The Kier molecular flexibility index (Phi) is 8.76. The Morgan fingerprint density at radius 1 is 1.24 bits per heavy atom. The number of amides is 5. The molecule has 3 rings (SSSR count). The van der Waals surface area contributed by atoms with Gasteiger partial charge in [-0.15, -0.1) is 0 Å². The van der Waals surface area contributed by atoms with Crippen LogP contribution in [0.4, 0.5) is 4.39 Å². The first-order chi connectivity index (χ1) is 17.2. The number of nitrogens with one attached hydrogen (secondary N) is 3. The van der Waals surface area contributed by atoms with Gasteiger partial charge in [0.25, 0.3) is 17.4 Å². The van der Waals surface area contributed by atoms with E-state index < -0.39 is 35.4 Å². The molecule has 2 saturated heterocycles. The van der Waals surface area contributed by atoms with Crippen LogP contribution in [0, 0.1) is 35.0 Å². The summed E-state index contributed by atoms with van der Waals surface area (Å²) in [5.41, 5.74) is -0.145. The largest absolute Gasteiger partial charge is 0.356 e. The lowest BCUT2D eigenvalue weighted by Crippen LogP contribution is -2.60. The monoisotopic (exact) mass is 543 g/mol.